The van der Waals surface area contributed by atoms with E-state index in [-0.39, 0.29) is 12.1 Å². The molecule has 0 aliphatic carbocycles. The van der Waals surface area contributed by atoms with Gasteiger partial charge in [0.15, 0.2) is 17.1 Å². The van der Waals surface area contributed by atoms with E-state index >= 15 is 0 Å². The fraction of sp³-hybridized carbons (Fsp3) is 0.217. The van der Waals surface area contributed by atoms with Crippen LogP contribution in [0.5, 0.6) is 5.75 Å². The predicted octanol–water partition coefficient (Wildman–Crippen LogP) is 5.17. The molecule has 160 valence electrons. The summed E-state index contributed by atoms with van der Waals surface area (Å²) in [7, 11) is 1.57. The number of benzene rings is 2. The number of nitrogens with one attached hydrogen (secondary N) is 1. The number of oxime groups is 1. The lowest BCUT2D eigenvalue weighted by Crippen LogP contribution is -2.40. The van der Waals surface area contributed by atoms with Gasteiger partial charge < -0.3 is 24.2 Å². The maximum Gasteiger partial charge on any atom is 0.322 e. The van der Waals surface area contributed by atoms with Gasteiger partial charge in [0.05, 0.1) is 19.3 Å². The molecule has 31 heavy (non-hydrogen) atoms. The molecular weight excluding hydrogens is 418 g/mol. The zero-order valence-electron chi connectivity index (χ0n) is 17.0. The lowest BCUT2D eigenvalue weighted by atomic mass is 10.1. The number of anilines is 1. The van der Waals surface area contributed by atoms with Crippen LogP contribution >= 0.6 is 11.6 Å². The van der Waals surface area contributed by atoms with Gasteiger partial charge in [0, 0.05) is 13.0 Å². The fourth-order valence-electron chi connectivity index (χ4n) is 3.35. The number of halogens is 1. The van der Waals surface area contributed by atoms with Gasteiger partial charge in [-0.1, -0.05) is 47.6 Å². The summed E-state index contributed by atoms with van der Waals surface area (Å²) in [5.74, 6) is 1.16. The van der Waals surface area contributed by atoms with Crippen molar-refractivity contribution in [3.63, 3.8) is 0 Å². The molecule has 8 heteroatoms. The second-order valence-corrected chi connectivity index (χ2v) is 7.44. The van der Waals surface area contributed by atoms with Crippen LogP contribution in [0.1, 0.15) is 17.7 Å². The van der Waals surface area contributed by atoms with Gasteiger partial charge in [-0.15, -0.1) is 0 Å². The van der Waals surface area contributed by atoms with Crippen molar-refractivity contribution >= 4 is 29.0 Å². The summed E-state index contributed by atoms with van der Waals surface area (Å²) in [6.07, 6.45) is 0.211. The minimum absolute atomic E-state index is 0.258. The molecule has 0 spiro atoms. The van der Waals surface area contributed by atoms with Crippen LogP contribution in [0.15, 0.2) is 76.3 Å². The summed E-state index contributed by atoms with van der Waals surface area (Å²) in [6, 6.07) is 20.2. The molecule has 2 amide bonds. The minimum Gasteiger partial charge on any atom is -0.495 e. The summed E-state index contributed by atoms with van der Waals surface area (Å²) < 4.78 is 10.8. The summed E-state index contributed by atoms with van der Waals surface area (Å²) >= 11 is 5.86. The molecule has 0 radical (unpaired) electrons. The molecule has 0 fully saturated rings. The molecule has 2 heterocycles. The molecule has 1 N–H and O–H groups in total. The number of ether oxygens (including phenoxy) is 1. The minimum atomic E-state index is -0.300. The van der Waals surface area contributed by atoms with Crippen molar-refractivity contribution in [2.24, 2.45) is 5.16 Å². The van der Waals surface area contributed by atoms with Gasteiger partial charge in [-0.05, 0) is 41.4 Å². The first-order valence-corrected chi connectivity index (χ1v) is 10.2. The predicted molar refractivity (Wildman–Crippen MR) is 119 cm³/mol. The molecule has 4 rings (SSSR count). The molecule has 1 atom stereocenters. The number of furan rings is 1. The van der Waals surface area contributed by atoms with Gasteiger partial charge in [-0.25, -0.2) is 4.79 Å². The van der Waals surface area contributed by atoms with E-state index in [0.29, 0.717) is 47.6 Å². The van der Waals surface area contributed by atoms with Crippen LogP contribution in [0.25, 0.3) is 0 Å². The third-order valence-corrected chi connectivity index (χ3v) is 5.07. The van der Waals surface area contributed by atoms with Crippen molar-refractivity contribution < 1.29 is 18.8 Å². The normalized spacial score (nSPS) is 15.2. The Kier molecular flexibility index (Phi) is 6.43. The van der Waals surface area contributed by atoms with Crippen LogP contribution < -0.4 is 10.1 Å². The van der Waals surface area contributed by atoms with Crippen LogP contribution in [0.2, 0.25) is 5.22 Å². The molecule has 1 unspecified atom stereocenters. The SMILES string of the molecule is COc1ccccc1NC(=O)N(Cc1ccccc1)CC1CC(c2ccc(Cl)o2)=NO1. The van der Waals surface area contributed by atoms with Crippen molar-refractivity contribution in [3.05, 3.63) is 83.3 Å². The largest absolute Gasteiger partial charge is 0.495 e. The maximum atomic E-state index is 13.2. The maximum absolute atomic E-state index is 13.2. The number of amides is 2. The van der Waals surface area contributed by atoms with E-state index in [1.54, 1.807) is 36.3 Å². The average molecular weight is 440 g/mol. The first-order valence-electron chi connectivity index (χ1n) is 9.83. The number of hydrogen-bond donors (Lipinski definition) is 1. The van der Waals surface area contributed by atoms with E-state index < -0.39 is 0 Å². The molecule has 1 aliphatic rings. The molecule has 1 aliphatic heterocycles. The molecule has 2 aromatic carbocycles. The van der Waals surface area contributed by atoms with E-state index in [0.717, 1.165) is 5.56 Å². The summed E-state index contributed by atoms with van der Waals surface area (Å²) in [6.45, 7) is 0.765. The Balaban J connectivity index is 1.47. The number of carbonyl (C=O) groups is 1. The van der Waals surface area contributed by atoms with Crippen molar-refractivity contribution in [1.29, 1.82) is 0 Å². The van der Waals surface area contributed by atoms with Crippen LogP contribution in [-0.4, -0.2) is 36.4 Å². The zero-order valence-corrected chi connectivity index (χ0v) is 17.7. The molecule has 0 bridgehead atoms. The Morgan fingerprint density at radius 2 is 1.94 bits per heavy atom. The quantitative estimate of drug-likeness (QED) is 0.551. The number of hydrogen-bond acceptors (Lipinski definition) is 5. The van der Waals surface area contributed by atoms with Gasteiger partial charge in [0.2, 0.25) is 0 Å². The van der Waals surface area contributed by atoms with Gasteiger partial charge in [-0.2, -0.15) is 0 Å². The second-order valence-electron chi connectivity index (χ2n) is 7.07. The van der Waals surface area contributed by atoms with E-state index in [1.165, 1.54) is 0 Å². The zero-order chi connectivity index (χ0) is 21.6. The van der Waals surface area contributed by atoms with Gasteiger partial charge in [0.1, 0.15) is 11.5 Å². The van der Waals surface area contributed by atoms with Crippen molar-refractivity contribution in [1.82, 2.24) is 4.90 Å². The number of methoxy groups -OCH3 is 1. The van der Waals surface area contributed by atoms with E-state index in [9.17, 15) is 4.79 Å². The third kappa shape index (κ3) is 5.19. The Hall–Kier alpha value is -3.45. The molecule has 0 saturated carbocycles. The molecule has 3 aromatic rings. The third-order valence-electron chi connectivity index (χ3n) is 4.87. The number of para-hydroxylation sites is 2. The van der Waals surface area contributed by atoms with Crippen molar-refractivity contribution in [2.75, 3.05) is 19.0 Å². The molecule has 0 saturated heterocycles. The monoisotopic (exact) mass is 439 g/mol. The van der Waals surface area contributed by atoms with Gasteiger partial charge >= 0.3 is 6.03 Å². The second kappa shape index (κ2) is 9.57. The highest BCUT2D eigenvalue weighted by Gasteiger charge is 2.28. The highest BCUT2D eigenvalue weighted by Crippen LogP contribution is 2.25. The van der Waals surface area contributed by atoms with E-state index in [1.807, 2.05) is 42.5 Å². The van der Waals surface area contributed by atoms with E-state index in [4.69, 9.17) is 25.6 Å². The smallest absolute Gasteiger partial charge is 0.322 e. The standard InChI is InChI=1S/C23H22ClN3O4/c1-29-20-10-6-5-9-18(20)25-23(28)27(14-16-7-3-2-4-8-16)15-17-13-19(26-31-17)21-11-12-22(24)30-21/h2-12,17H,13-15H2,1H3,(H,25,28). The molecular formula is C23H22ClN3O4. The summed E-state index contributed by atoms with van der Waals surface area (Å²) in [4.78, 5) is 20.4. The first-order chi connectivity index (χ1) is 15.1. The highest BCUT2D eigenvalue weighted by molar-refractivity contribution is 6.29. The Labute approximate surface area is 185 Å². The number of urea groups is 1. The van der Waals surface area contributed by atoms with Gasteiger partial charge in [-0.3, -0.25) is 0 Å². The number of nitrogens with zero attached hydrogens (tertiary/aromatic N) is 2. The average Bonchev–Trinajstić information content (AvgIpc) is 3.43. The topological polar surface area (TPSA) is 76.3 Å². The van der Waals surface area contributed by atoms with Crippen molar-refractivity contribution in [3.8, 4) is 5.75 Å². The van der Waals surface area contributed by atoms with Crippen molar-refractivity contribution in [2.45, 2.75) is 19.1 Å². The van der Waals surface area contributed by atoms with E-state index in [2.05, 4.69) is 10.5 Å². The Bertz CT molecular complexity index is 1070. The lowest BCUT2D eigenvalue weighted by molar-refractivity contribution is 0.0608. The Morgan fingerprint density at radius 1 is 1.16 bits per heavy atom. The number of carbonyl (C=O) groups excluding carboxylic acids is 1. The Morgan fingerprint density at radius 3 is 2.68 bits per heavy atom. The molecule has 7 nitrogen and oxygen atoms in total. The summed E-state index contributed by atoms with van der Waals surface area (Å²) in [5, 5.41) is 7.35. The van der Waals surface area contributed by atoms with Crippen LogP contribution in [-0.2, 0) is 11.4 Å². The molecule has 1 aromatic heterocycles. The first kappa shape index (κ1) is 20.8. The summed E-state index contributed by atoms with van der Waals surface area (Å²) in [5.41, 5.74) is 2.28. The highest BCUT2D eigenvalue weighted by atomic mass is 35.5. The fourth-order valence-corrected chi connectivity index (χ4v) is 3.50. The van der Waals surface area contributed by atoms with Gasteiger partial charge in [0.25, 0.3) is 0 Å². The number of rotatable bonds is 7. The van der Waals surface area contributed by atoms with Crippen LogP contribution in [0.4, 0.5) is 10.5 Å². The lowest BCUT2D eigenvalue weighted by Gasteiger charge is -2.25. The van der Waals surface area contributed by atoms with Crippen LogP contribution in [0, 0.1) is 0 Å². The van der Waals surface area contributed by atoms with Crippen LogP contribution in [0.3, 0.4) is 0 Å².